The zero-order chi connectivity index (χ0) is 24.0. The van der Waals surface area contributed by atoms with Crippen molar-refractivity contribution < 1.29 is 24.2 Å². The van der Waals surface area contributed by atoms with Crippen LogP contribution in [0.25, 0.3) is 0 Å². The number of cyclic esters (lactones) is 1. The average molecular weight is 496 g/mol. The van der Waals surface area contributed by atoms with E-state index in [0.29, 0.717) is 39.2 Å². The Labute approximate surface area is 200 Å². The van der Waals surface area contributed by atoms with Crippen LogP contribution in [0.5, 0.6) is 0 Å². The van der Waals surface area contributed by atoms with Crippen LogP contribution in [0.1, 0.15) is 23.0 Å². The SMILES string of the molecule is C[C@H](N)C(=O)Nc1cc(N2CC(CNC(=O)c3ccc(Cl)s3)OC2=O)ccc1NCCCO. The van der Waals surface area contributed by atoms with Crippen LogP contribution in [0.3, 0.4) is 0 Å². The molecule has 6 N–H and O–H groups in total. The van der Waals surface area contributed by atoms with Gasteiger partial charge in [-0.15, -0.1) is 11.3 Å². The summed E-state index contributed by atoms with van der Waals surface area (Å²) in [4.78, 5) is 38.7. The highest BCUT2D eigenvalue weighted by atomic mass is 35.5. The summed E-state index contributed by atoms with van der Waals surface area (Å²) in [5.41, 5.74) is 7.27. The molecule has 0 aliphatic carbocycles. The van der Waals surface area contributed by atoms with Crippen LogP contribution in [0.4, 0.5) is 21.9 Å². The van der Waals surface area contributed by atoms with Gasteiger partial charge in [0.1, 0.15) is 6.10 Å². The third-order valence-electron chi connectivity index (χ3n) is 4.80. The van der Waals surface area contributed by atoms with Gasteiger partial charge in [-0.05, 0) is 43.7 Å². The molecule has 0 bridgehead atoms. The van der Waals surface area contributed by atoms with Crippen LogP contribution in [-0.4, -0.2) is 61.4 Å². The molecule has 0 radical (unpaired) electrons. The van der Waals surface area contributed by atoms with Crippen molar-refractivity contribution >= 4 is 57.9 Å². The summed E-state index contributed by atoms with van der Waals surface area (Å²) in [6, 6.07) is 7.65. The topological polar surface area (TPSA) is 146 Å². The lowest BCUT2D eigenvalue weighted by atomic mass is 10.2. The number of nitrogens with one attached hydrogen (secondary N) is 3. The monoisotopic (exact) mass is 495 g/mol. The second-order valence-electron chi connectivity index (χ2n) is 7.44. The van der Waals surface area contributed by atoms with E-state index in [4.69, 9.17) is 27.2 Å². The lowest BCUT2D eigenvalue weighted by Crippen LogP contribution is -2.34. The highest BCUT2D eigenvalue weighted by Gasteiger charge is 2.33. The Kier molecular flexibility index (Phi) is 8.50. The molecule has 1 aromatic carbocycles. The second-order valence-corrected chi connectivity index (χ2v) is 9.16. The van der Waals surface area contributed by atoms with Gasteiger partial charge in [-0.25, -0.2) is 4.79 Å². The van der Waals surface area contributed by atoms with Gasteiger partial charge in [0.2, 0.25) is 5.91 Å². The number of aliphatic hydroxyl groups excluding tert-OH is 1. The summed E-state index contributed by atoms with van der Waals surface area (Å²) in [5.74, 6) is -0.670. The number of carbonyl (C=O) groups excluding carboxylic acids is 3. The van der Waals surface area contributed by atoms with Crippen molar-refractivity contribution in [2.75, 3.05) is 41.8 Å². The highest BCUT2D eigenvalue weighted by Crippen LogP contribution is 2.30. The Morgan fingerprint density at radius 1 is 1.33 bits per heavy atom. The summed E-state index contributed by atoms with van der Waals surface area (Å²) in [5, 5.41) is 17.6. The van der Waals surface area contributed by atoms with Crippen molar-refractivity contribution in [1.82, 2.24) is 5.32 Å². The van der Waals surface area contributed by atoms with E-state index < -0.39 is 18.2 Å². The molecule has 1 unspecified atom stereocenters. The highest BCUT2D eigenvalue weighted by molar-refractivity contribution is 7.18. The molecule has 1 aliphatic heterocycles. The van der Waals surface area contributed by atoms with Crippen molar-refractivity contribution in [3.8, 4) is 0 Å². The number of amides is 3. The summed E-state index contributed by atoms with van der Waals surface area (Å²) in [7, 11) is 0. The molecule has 0 spiro atoms. The minimum Gasteiger partial charge on any atom is -0.442 e. The molecule has 3 amide bonds. The van der Waals surface area contributed by atoms with E-state index >= 15 is 0 Å². The molecule has 2 aromatic rings. The standard InChI is InChI=1S/C21H26ClN5O5S/c1-12(23)19(29)26-16-9-13(3-4-15(16)24-7-2-8-28)27-11-14(32-21(27)31)10-25-20(30)17-5-6-18(22)33-17/h3-6,9,12,14,24,28H,2,7-8,10-11,23H2,1H3,(H,25,30)(H,26,29)/t12-,14?/m0/s1. The smallest absolute Gasteiger partial charge is 0.414 e. The molecule has 2 heterocycles. The van der Waals surface area contributed by atoms with Crippen LogP contribution in [-0.2, 0) is 9.53 Å². The maximum Gasteiger partial charge on any atom is 0.414 e. The number of rotatable bonds is 10. The summed E-state index contributed by atoms with van der Waals surface area (Å²) in [6.07, 6.45) is -0.563. The van der Waals surface area contributed by atoms with Gasteiger partial charge in [0.25, 0.3) is 5.91 Å². The predicted molar refractivity (Wildman–Crippen MR) is 128 cm³/mol. The van der Waals surface area contributed by atoms with E-state index in [-0.39, 0.29) is 31.5 Å². The molecule has 3 rings (SSSR count). The van der Waals surface area contributed by atoms with Crippen molar-refractivity contribution in [1.29, 1.82) is 0 Å². The Balaban J connectivity index is 1.68. The van der Waals surface area contributed by atoms with Crippen LogP contribution < -0.4 is 26.6 Å². The Morgan fingerprint density at radius 2 is 2.12 bits per heavy atom. The van der Waals surface area contributed by atoms with E-state index in [0.717, 1.165) is 11.3 Å². The number of aliphatic hydroxyl groups is 1. The Hall–Kier alpha value is -2.86. The van der Waals surface area contributed by atoms with Gasteiger partial charge in [0, 0.05) is 18.8 Å². The first-order chi connectivity index (χ1) is 15.8. The first-order valence-electron chi connectivity index (χ1n) is 10.4. The third kappa shape index (κ3) is 6.57. The van der Waals surface area contributed by atoms with Gasteiger partial charge in [-0.3, -0.25) is 14.5 Å². The number of nitrogens with two attached hydrogens (primary N) is 1. The van der Waals surface area contributed by atoms with Gasteiger partial charge in [0.05, 0.1) is 39.7 Å². The van der Waals surface area contributed by atoms with Crippen molar-refractivity contribution in [2.24, 2.45) is 5.73 Å². The fourth-order valence-electron chi connectivity index (χ4n) is 3.08. The van der Waals surface area contributed by atoms with E-state index in [1.165, 1.54) is 4.90 Å². The first-order valence-corrected chi connectivity index (χ1v) is 11.5. The van der Waals surface area contributed by atoms with Crippen molar-refractivity contribution in [3.05, 3.63) is 39.5 Å². The lowest BCUT2D eigenvalue weighted by Gasteiger charge is -2.19. The van der Waals surface area contributed by atoms with Gasteiger partial charge in [0.15, 0.2) is 0 Å². The molecular weight excluding hydrogens is 470 g/mol. The maximum absolute atomic E-state index is 12.5. The van der Waals surface area contributed by atoms with E-state index in [2.05, 4.69) is 16.0 Å². The number of nitrogens with zero attached hydrogens (tertiary/aromatic N) is 1. The molecule has 10 nitrogen and oxygen atoms in total. The number of halogens is 1. The molecule has 1 aliphatic rings. The Bertz CT molecular complexity index is 1010. The van der Waals surface area contributed by atoms with Gasteiger partial charge in [-0.2, -0.15) is 0 Å². The minimum absolute atomic E-state index is 0.0314. The van der Waals surface area contributed by atoms with Crippen LogP contribution in [0.15, 0.2) is 30.3 Å². The van der Waals surface area contributed by atoms with Crippen LogP contribution in [0, 0.1) is 0 Å². The molecule has 2 atom stereocenters. The van der Waals surface area contributed by atoms with Gasteiger partial charge < -0.3 is 31.5 Å². The Morgan fingerprint density at radius 3 is 2.79 bits per heavy atom. The van der Waals surface area contributed by atoms with E-state index in [9.17, 15) is 14.4 Å². The number of thiophene rings is 1. The zero-order valence-corrected chi connectivity index (χ0v) is 19.5. The molecule has 1 fully saturated rings. The lowest BCUT2D eigenvalue weighted by molar-refractivity contribution is -0.117. The third-order valence-corrected chi connectivity index (χ3v) is 6.03. The first kappa shape index (κ1) is 24.8. The quantitative estimate of drug-likeness (QED) is 0.318. The van der Waals surface area contributed by atoms with E-state index in [1.54, 1.807) is 37.3 Å². The largest absolute Gasteiger partial charge is 0.442 e. The van der Waals surface area contributed by atoms with Gasteiger partial charge in [-0.1, -0.05) is 11.6 Å². The number of anilines is 3. The zero-order valence-electron chi connectivity index (χ0n) is 18.0. The number of hydrogen-bond donors (Lipinski definition) is 5. The fourth-order valence-corrected chi connectivity index (χ4v) is 4.03. The second kappa shape index (κ2) is 11.3. The summed E-state index contributed by atoms with van der Waals surface area (Å²) < 4.78 is 5.90. The molecular formula is C21H26ClN5O5S. The number of hydrogen-bond acceptors (Lipinski definition) is 8. The van der Waals surface area contributed by atoms with Crippen LogP contribution >= 0.6 is 22.9 Å². The molecule has 1 saturated heterocycles. The molecule has 1 aromatic heterocycles. The molecule has 12 heteroatoms. The summed E-state index contributed by atoms with van der Waals surface area (Å²) >= 11 is 7.02. The number of carbonyl (C=O) groups is 3. The maximum atomic E-state index is 12.5. The summed E-state index contributed by atoms with van der Waals surface area (Å²) in [6.45, 7) is 2.47. The van der Waals surface area contributed by atoms with Crippen molar-refractivity contribution in [3.63, 3.8) is 0 Å². The minimum atomic E-state index is -0.720. The van der Waals surface area contributed by atoms with E-state index in [1.807, 2.05) is 0 Å². The molecule has 0 saturated carbocycles. The molecule has 178 valence electrons. The number of ether oxygens (including phenoxy) is 1. The van der Waals surface area contributed by atoms with Crippen molar-refractivity contribution in [2.45, 2.75) is 25.5 Å². The molecule has 33 heavy (non-hydrogen) atoms. The number of benzene rings is 1. The predicted octanol–water partition coefficient (Wildman–Crippen LogP) is 2.24. The normalized spacial score (nSPS) is 16.3. The fraction of sp³-hybridized carbons (Fsp3) is 0.381. The van der Waals surface area contributed by atoms with Crippen LogP contribution in [0.2, 0.25) is 4.34 Å². The van der Waals surface area contributed by atoms with Gasteiger partial charge >= 0.3 is 6.09 Å². The average Bonchev–Trinajstić information content (AvgIpc) is 3.38.